The highest BCUT2D eigenvalue weighted by atomic mass is 16.5. The van der Waals surface area contributed by atoms with E-state index in [4.69, 9.17) is 4.74 Å². The van der Waals surface area contributed by atoms with Crippen molar-refractivity contribution in [3.05, 3.63) is 47.5 Å². The van der Waals surface area contributed by atoms with Crippen LogP contribution in [0.1, 0.15) is 41.8 Å². The van der Waals surface area contributed by atoms with Crippen LogP contribution in [-0.2, 0) is 6.42 Å². The van der Waals surface area contributed by atoms with Gasteiger partial charge in [-0.25, -0.2) is 4.98 Å². The number of carbonyl (C=O) groups excluding carboxylic acids is 1. The minimum absolute atomic E-state index is 0.0425. The largest absolute Gasteiger partial charge is 0.497 e. The van der Waals surface area contributed by atoms with Gasteiger partial charge in [0.1, 0.15) is 17.3 Å². The zero-order valence-corrected chi connectivity index (χ0v) is 15.2. The molecule has 1 aliphatic heterocycles. The second-order valence-electron chi connectivity index (χ2n) is 6.38. The first-order valence-electron chi connectivity index (χ1n) is 8.83. The van der Waals surface area contributed by atoms with E-state index < -0.39 is 0 Å². The molecule has 1 unspecified atom stereocenters. The van der Waals surface area contributed by atoms with Crippen LogP contribution >= 0.6 is 0 Å². The summed E-state index contributed by atoms with van der Waals surface area (Å²) in [4.78, 5) is 24.2. The molecule has 1 aliphatic rings. The number of hydrogen-bond acceptors (Lipinski definition) is 4. The van der Waals surface area contributed by atoms with Crippen LogP contribution in [0.2, 0.25) is 0 Å². The van der Waals surface area contributed by atoms with E-state index in [1.165, 1.54) is 5.56 Å². The smallest absolute Gasteiger partial charge is 0.272 e. The lowest BCUT2D eigenvalue weighted by molar-refractivity contribution is 0.0577. The SMILES string of the molecule is CCc1ncc(C(=O)N2CCN(C(C)c3cccc(OC)c3)CC2)[nH]1. The van der Waals surface area contributed by atoms with Crippen LogP contribution in [0.3, 0.4) is 0 Å². The normalized spacial score (nSPS) is 16.7. The Kier molecular flexibility index (Phi) is 5.38. The number of nitrogens with zero attached hydrogens (tertiary/aromatic N) is 3. The molecule has 1 fully saturated rings. The molecule has 3 rings (SSSR count). The minimum atomic E-state index is 0.0425. The third kappa shape index (κ3) is 3.85. The van der Waals surface area contributed by atoms with Crippen molar-refractivity contribution in [2.75, 3.05) is 33.3 Å². The highest BCUT2D eigenvalue weighted by molar-refractivity contribution is 5.92. The number of aromatic amines is 1. The van der Waals surface area contributed by atoms with Gasteiger partial charge in [0.25, 0.3) is 5.91 Å². The second kappa shape index (κ2) is 7.70. The lowest BCUT2D eigenvalue weighted by Crippen LogP contribution is -2.49. The van der Waals surface area contributed by atoms with Crippen LogP contribution in [0.5, 0.6) is 5.75 Å². The summed E-state index contributed by atoms with van der Waals surface area (Å²) in [5.41, 5.74) is 1.83. The Morgan fingerprint density at radius 2 is 2.08 bits per heavy atom. The highest BCUT2D eigenvalue weighted by Crippen LogP contribution is 2.25. The molecular weight excluding hydrogens is 316 g/mol. The predicted octanol–water partition coefficient (Wildman–Crippen LogP) is 2.50. The zero-order valence-electron chi connectivity index (χ0n) is 15.2. The molecule has 0 saturated carbocycles. The molecule has 0 spiro atoms. The van der Waals surface area contributed by atoms with E-state index in [0.29, 0.717) is 11.7 Å². The summed E-state index contributed by atoms with van der Waals surface area (Å²) in [6, 6.07) is 8.49. The maximum atomic E-state index is 12.6. The Labute approximate surface area is 148 Å². The number of carbonyl (C=O) groups is 1. The van der Waals surface area contributed by atoms with Crippen LogP contribution in [0.25, 0.3) is 0 Å². The molecule has 1 saturated heterocycles. The van der Waals surface area contributed by atoms with Gasteiger partial charge in [0.15, 0.2) is 0 Å². The van der Waals surface area contributed by atoms with E-state index in [1.54, 1.807) is 13.3 Å². The maximum Gasteiger partial charge on any atom is 0.272 e. The first-order valence-corrected chi connectivity index (χ1v) is 8.83. The Hall–Kier alpha value is -2.34. The topological polar surface area (TPSA) is 61.5 Å². The van der Waals surface area contributed by atoms with E-state index >= 15 is 0 Å². The molecule has 0 aliphatic carbocycles. The number of ether oxygens (including phenoxy) is 1. The first-order chi connectivity index (χ1) is 12.1. The predicted molar refractivity (Wildman–Crippen MR) is 96.9 cm³/mol. The minimum Gasteiger partial charge on any atom is -0.497 e. The van der Waals surface area contributed by atoms with Gasteiger partial charge in [-0.05, 0) is 24.6 Å². The molecular formula is C19H26N4O2. The van der Waals surface area contributed by atoms with Crippen molar-refractivity contribution in [3.63, 3.8) is 0 Å². The van der Waals surface area contributed by atoms with Gasteiger partial charge in [-0.1, -0.05) is 19.1 Å². The quantitative estimate of drug-likeness (QED) is 0.907. The van der Waals surface area contributed by atoms with E-state index in [0.717, 1.165) is 44.2 Å². The van der Waals surface area contributed by atoms with Gasteiger partial charge in [0.2, 0.25) is 0 Å². The van der Waals surface area contributed by atoms with E-state index in [-0.39, 0.29) is 5.91 Å². The molecule has 1 amide bonds. The number of aromatic nitrogens is 2. The van der Waals surface area contributed by atoms with Gasteiger partial charge in [-0.15, -0.1) is 0 Å². The fourth-order valence-corrected chi connectivity index (χ4v) is 3.25. The standard InChI is InChI=1S/C19H26N4O2/c1-4-18-20-13-17(21-18)19(24)23-10-8-22(9-11-23)14(2)15-6-5-7-16(12-15)25-3/h5-7,12-14H,4,8-11H2,1-3H3,(H,20,21). The van der Waals surface area contributed by atoms with Crippen molar-refractivity contribution in [2.45, 2.75) is 26.3 Å². The number of nitrogens with one attached hydrogen (secondary N) is 1. The Morgan fingerprint density at radius 3 is 2.72 bits per heavy atom. The summed E-state index contributed by atoms with van der Waals surface area (Å²) in [5.74, 6) is 1.78. The van der Waals surface area contributed by atoms with Gasteiger partial charge in [0, 0.05) is 38.6 Å². The number of amides is 1. The van der Waals surface area contributed by atoms with E-state index in [9.17, 15) is 4.79 Å². The van der Waals surface area contributed by atoms with Crippen LogP contribution in [-0.4, -0.2) is 59.0 Å². The number of rotatable bonds is 5. The summed E-state index contributed by atoms with van der Waals surface area (Å²) >= 11 is 0. The van der Waals surface area contributed by atoms with Crippen molar-refractivity contribution in [1.29, 1.82) is 0 Å². The first kappa shape index (κ1) is 17.5. The van der Waals surface area contributed by atoms with E-state index in [1.807, 2.05) is 24.0 Å². The van der Waals surface area contributed by atoms with Crippen molar-refractivity contribution >= 4 is 5.91 Å². The van der Waals surface area contributed by atoms with Gasteiger partial charge >= 0.3 is 0 Å². The Balaban J connectivity index is 1.60. The number of aryl methyl sites for hydroxylation is 1. The van der Waals surface area contributed by atoms with Gasteiger partial charge in [-0.3, -0.25) is 9.69 Å². The molecule has 2 heterocycles. The molecule has 6 nitrogen and oxygen atoms in total. The summed E-state index contributed by atoms with van der Waals surface area (Å²) in [7, 11) is 1.69. The number of imidazole rings is 1. The van der Waals surface area contributed by atoms with Crippen molar-refractivity contribution in [3.8, 4) is 5.75 Å². The molecule has 1 aromatic carbocycles. The average Bonchev–Trinajstić information content (AvgIpc) is 3.16. The van der Waals surface area contributed by atoms with Crippen molar-refractivity contribution in [1.82, 2.24) is 19.8 Å². The third-order valence-electron chi connectivity index (χ3n) is 4.92. The molecule has 6 heteroatoms. The summed E-state index contributed by atoms with van der Waals surface area (Å²) in [5, 5.41) is 0. The number of H-pyrrole nitrogens is 1. The maximum absolute atomic E-state index is 12.6. The van der Waals surface area contributed by atoms with E-state index in [2.05, 4.69) is 33.9 Å². The molecule has 134 valence electrons. The van der Waals surface area contributed by atoms with Gasteiger partial charge < -0.3 is 14.6 Å². The lowest BCUT2D eigenvalue weighted by atomic mass is 10.1. The average molecular weight is 342 g/mol. The highest BCUT2D eigenvalue weighted by Gasteiger charge is 2.26. The molecule has 1 atom stereocenters. The third-order valence-corrected chi connectivity index (χ3v) is 4.92. The van der Waals surface area contributed by atoms with Crippen LogP contribution in [0.4, 0.5) is 0 Å². The van der Waals surface area contributed by atoms with Crippen LogP contribution < -0.4 is 4.74 Å². The second-order valence-corrected chi connectivity index (χ2v) is 6.38. The molecule has 25 heavy (non-hydrogen) atoms. The fraction of sp³-hybridized carbons (Fsp3) is 0.474. The van der Waals surface area contributed by atoms with Crippen molar-refractivity contribution < 1.29 is 9.53 Å². The Bertz CT molecular complexity index is 720. The van der Waals surface area contributed by atoms with Gasteiger partial charge in [-0.2, -0.15) is 0 Å². The molecule has 2 aromatic rings. The molecule has 0 bridgehead atoms. The zero-order chi connectivity index (χ0) is 17.8. The fourth-order valence-electron chi connectivity index (χ4n) is 3.25. The number of methoxy groups -OCH3 is 1. The van der Waals surface area contributed by atoms with Crippen LogP contribution in [0.15, 0.2) is 30.5 Å². The lowest BCUT2D eigenvalue weighted by Gasteiger charge is -2.38. The molecule has 0 radical (unpaired) electrons. The number of benzene rings is 1. The Morgan fingerprint density at radius 1 is 1.32 bits per heavy atom. The number of hydrogen-bond donors (Lipinski definition) is 1. The van der Waals surface area contributed by atoms with Crippen molar-refractivity contribution in [2.24, 2.45) is 0 Å². The molecule has 1 N–H and O–H groups in total. The summed E-state index contributed by atoms with van der Waals surface area (Å²) in [6.07, 6.45) is 2.45. The summed E-state index contributed by atoms with van der Waals surface area (Å²) < 4.78 is 5.32. The summed E-state index contributed by atoms with van der Waals surface area (Å²) in [6.45, 7) is 7.40. The van der Waals surface area contributed by atoms with Gasteiger partial charge in [0.05, 0.1) is 13.3 Å². The number of piperazine rings is 1. The van der Waals surface area contributed by atoms with Crippen LogP contribution in [0, 0.1) is 0 Å². The molecule has 1 aromatic heterocycles. The monoisotopic (exact) mass is 342 g/mol.